The number of thiazole rings is 1. The molecule has 3 rings (SSSR count). The Bertz CT molecular complexity index is 693. The molecule has 0 unspecified atom stereocenters. The summed E-state index contributed by atoms with van der Waals surface area (Å²) < 4.78 is 5.31. The van der Waals surface area contributed by atoms with Crippen LogP contribution in [0.2, 0.25) is 0 Å². The molecule has 5 nitrogen and oxygen atoms in total. The lowest BCUT2D eigenvalue weighted by Crippen LogP contribution is -2.40. The highest BCUT2D eigenvalue weighted by Crippen LogP contribution is 2.29. The summed E-state index contributed by atoms with van der Waals surface area (Å²) in [6.07, 6.45) is 3.84. The number of aromatic nitrogens is 2. The molecule has 2 aromatic heterocycles. The minimum atomic E-state index is 0.0670. The summed E-state index contributed by atoms with van der Waals surface area (Å²) in [4.78, 5) is 24.2. The molecule has 1 aliphatic rings. The molecule has 0 aromatic carbocycles. The van der Waals surface area contributed by atoms with E-state index in [-0.39, 0.29) is 5.91 Å². The lowest BCUT2D eigenvalue weighted by molar-refractivity contribution is 0.0305. The van der Waals surface area contributed by atoms with Gasteiger partial charge in [0.2, 0.25) is 0 Å². The summed E-state index contributed by atoms with van der Waals surface area (Å²) in [7, 11) is 0. The van der Waals surface area contributed by atoms with Crippen molar-refractivity contribution >= 4 is 17.2 Å². The number of carbonyl (C=O) groups is 1. The van der Waals surface area contributed by atoms with Crippen LogP contribution in [0.3, 0.4) is 0 Å². The van der Waals surface area contributed by atoms with Gasteiger partial charge >= 0.3 is 0 Å². The molecule has 0 saturated carbocycles. The molecule has 0 bridgehead atoms. The van der Waals surface area contributed by atoms with Crippen LogP contribution < -0.4 is 0 Å². The van der Waals surface area contributed by atoms with Crippen LogP contribution in [0.5, 0.6) is 0 Å². The van der Waals surface area contributed by atoms with Gasteiger partial charge in [-0.25, -0.2) is 4.98 Å². The molecule has 6 heteroatoms. The Morgan fingerprint density at radius 1 is 1.39 bits per heavy atom. The molecule has 0 radical (unpaired) electrons. The van der Waals surface area contributed by atoms with Crippen molar-refractivity contribution in [1.82, 2.24) is 14.9 Å². The van der Waals surface area contributed by atoms with Crippen molar-refractivity contribution in [3.05, 3.63) is 34.6 Å². The summed E-state index contributed by atoms with van der Waals surface area (Å²) in [6.45, 7) is 6.58. The van der Waals surface area contributed by atoms with Gasteiger partial charge in [-0.2, -0.15) is 0 Å². The molecule has 0 atom stereocenters. The third-order valence-corrected chi connectivity index (χ3v) is 5.05. The third-order valence-electron chi connectivity index (χ3n) is 3.86. The van der Waals surface area contributed by atoms with Crippen molar-refractivity contribution in [2.24, 2.45) is 0 Å². The summed E-state index contributed by atoms with van der Waals surface area (Å²) in [5.41, 5.74) is 2.91. The largest absolute Gasteiger partial charge is 0.378 e. The molecule has 1 aliphatic heterocycles. The number of amides is 1. The van der Waals surface area contributed by atoms with Crippen molar-refractivity contribution in [2.45, 2.75) is 26.7 Å². The van der Waals surface area contributed by atoms with Crippen LogP contribution in [0, 0.1) is 6.92 Å². The van der Waals surface area contributed by atoms with Crippen molar-refractivity contribution in [2.75, 3.05) is 26.3 Å². The molecule has 1 fully saturated rings. The summed E-state index contributed by atoms with van der Waals surface area (Å²) >= 11 is 1.47. The van der Waals surface area contributed by atoms with E-state index < -0.39 is 0 Å². The van der Waals surface area contributed by atoms with E-state index >= 15 is 0 Å². The minimum absolute atomic E-state index is 0.0670. The van der Waals surface area contributed by atoms with Crippen LogP contribution >= 0.6 is 11.3 Å². The highest BCUT2D eigenvalue weighted by molar-refractivity contribution is 7.17. The Morgan fingerprint density at radius 3 is 2.91 bits per heavy atom. The molecule has 0 spiro atoms. The predicted octanol–water partition coefficient (Wildman–Crippen LogP) is 2.94. The fourth-order valence-corrected chi connectivity index (χ4v) is 3.66. The number of carbonyl (C=O) groups excluding carboxylic acids is 1. The maximum Gasteiger partial charge on any atom is 0.266 e. The smallest absolute Gasteiger partial charge is 0.266 e. The summed E-state index contributed by atoms with van der Waals surface area (Å²) in [6, 6.07) is 4.03. The van der Waals surface area contributed by atoms with Crippen LogP contribution in [-0.4, -0.2) is 47.1 Å². The zero-order valence-corrected chi connectivity index (χ0v) is 14.4. The molecular weight excluding hydrogens is 310 g/mol. The second kappa shape index (κ2) is 7.19. The monoisotopic (exact) mass is 331 g/mol. The third kappa shape index (κ3) is 3.59. The molecule has 122 valence electrons. The standard InChI is InChI=1S/C17H21N3O2S/c1-3-4-14-11-13(5-6-18-14)16-19-12(2)15(23-16)17(21)20-7-9-22-10-8-20/h5-6,11H,3-4,7-10H2,1-2H3. The molecule has 1 amide bonds. The SMILES string of the molecule is CCCc1cc(-c2nc(C)c(C(=O)N3CCOCC3)s2)ccn1. The van der Waals surface area contributed by atoms with Gasteiger partial charge in [-0.05, 0) is 25.5 Å². The van der Waals surface area contributed by atoms with Gasteiger partial charge in [-0.3, -0.25) is 9.78 Å². The quantitative estimate of drug-likeness (QED) is 0.864. The number of hydrogen-bond acceptors (Lipinski definition) is 5. The highest BCUT2D eigenvalue weighted by atomic mass is 32.1. The average Bonchev–Trinajstić information content (AvgIpc) is 2.97. The van der Waals surface area contributed by atoms with E-state index in [1.165, 1.54) is 11.3 Å². The Kier molecular flexibility index (Phi) is 5.03. The molecule has 23 heavy (non-hydrogen) atoms. The summed E-state index contributed by atoms with van der Waals surface area (Å²) in [5, 5.41) is 0.888. The lowest BCUT2D eigenvalue weighted by Gasteiger charge is -2.26. The number of nitrogens with zero attached hydrogens (tertiary/aromatic N) is 3. The number of hydrogen-bond donors (Lipinski definition) is 0. The highest BCUT2D eigenvalue weighted by Gasteiger charge is 2.23. The number of aryl methyl sites for hydroxylation is 2. The fourth-order valence-electron chi connectivity index (χ4n) is 2.63. The van der Waals surface area contributed by atoms with Crippen LogP contribution in [0.15, 0.2) is 18.3 Å². The zero-order valence-electron chi connectivity index (χ0n) is 13.5. The van der Waals surface area contributed by atoms with E-state index in [1.54, 1.807) is 0 Å². The second-order valence-electron chi connectivity index (χ2n) is 5.62. The van der Waals surface area contributed by atoms with E-state index in [0.29, 0.717) is 26.3 Å². The molecule has 0 aliphatic carbocycles. The number of pyridine rings is 1. The Balaban J connectivity index is 1.85. The van der Waals surface area contributed by atoms with E-state index in [4.69, 9.17) is 4.74 Å². The van der Waals surface area contributed by atoms with Crippen LogP contribution in [0.4, 0.5) is 0 Å². The van der Waals surface area contributed by atoms with Crippen molar-refractivity contribution in [3.8, 4) is 10.6 Å². The van der Waals surface area contributed by atoms with Gasteiger partial charge in [-0.1, -0.05) is 13.3 Å². The van der Waals surface area contributed by atoms with Gasteiger partial charge < -0.3 is 9.64 Å². The second-order valence-corrected chi connectivity index (χ2v) is 6.62. The molecular formula is C17H21N3O2S. The van der Waals surface area contributed by atoms with Crippen LogP contribution in [-0.2, 0) is 11.2 Å². The fraction of sp³-hybridized carbons (Fsp3) is 0.471. The van der Waals surface area contributed by atoms with Crippen LogP contribution in [0.1, 0.15) is 34.4 Å². The van der Waals surface area contributed by atoms with Gasteiger partial charge in [0, 0.05) is 30.5 Å². The molecule has 2 aromatic rings. The maximum atomic E-state index is 12.7. The average molecular weight is 331 g/mol. The Labute approximate surface area is 140 Å². The molecule has 3 heterocycles. The van der Waals surface area contributed by atoms with E-state index in [2.05, 4.69) is 23.0 Å². The lowest BCUT2D eigenvalue weighted by atomic mass is 10.2. The topological polar surface area (TPSA) is 55.3 Å². The molecule has 0 N–H and O–H groups in total. The van der Waals surface area contributed by atoms with Crippen molar-refractivity contribution in [3.63, 3.8) is 0 Å². The summed E-state index contributed by atoms with van der Waals surface area (Å²) in [5.74, 6) is 0.0670. The van der Waals surface area contributed by atoms with Crippen molar-refractivity contribution < 1.29 is 9.53 Å². The number of morpholine rings is 1. The predicted molar refractivity (Wildman–Crippen MR) is 90.8 cm³/mol. The first kappa shape index (κ1) is 16.1. The van der Waals surface area contributed by atoms with Gasteiger partial charge in [0.15, 0.2) is 0 Å². The maximum absolute atomic E-state index is 12.7. The first-order chi connectivity index (χ1) is 11.2. The Morgan fingerprint density at radius 2 is 2.17 bits per heavy atom. The Hall–Kier alpha value is -1.79. The van der Waals surface area contributed by atoms with Crippen molar-refractivity contribution in [1.29, 1.82) is 0 Å². The minimum Gasteiger partial charge on any atom is -0.378 e. The number of ether oxygens (including phenoxy) is 1. The first-order valence-electron chi connectivity index (χ1n) is 7.98. The van der Waals surface area contributed by atoms with Gasteiger partial charge in [0.25, 0.3) is 5.91 Å². The number of rotatable bonds is 4. The van der Waals surface area contributed by atoms with Gasteiger partial charge in [0.1, 0.15) is 9.88 Å². The van der Waals surface area contributed by atoms with Gasteiger partial charge in [0.05, 0.1) is 18.9 Å². The molecule has 1 saturated heterocycles. The zero-order chi connectivity index (χ0) is 16.2. The van der Waals surface area contributed by atoms with E-state index in [9.17, 15) is 4.79 Å². The van der Waals surface area contributed by atoms with Crippen LogP contribution in [0.25, 0.3) is 10.6 Å². The normalized spacial score (nSPS) is 15.0. The van der Waals surface area contributed by atoms with Gasteiger partial charge in [-0.15, -0.1) is 11.3 Å². The first-order valence-corrected chi connectivity index (χ1v) is 8.80. The van der Waals surface area contributed by atoms with E-state index in [1.807, 2.05) is 24.1 Å². The van der Waals surface area contributed by atoms with E-state index in [0.717, 1.165) is 39.7 Å².